The molecule has 0 unspecified atom stereocenters. The van der Waals surface area contributed by atoms with Crippen LogP contribution in [0.25, 0.3) is 0 Å². The highest BCUT2D eigenvalue weighted by atomic mass is 79.9. The zero-order chi connectivity index (χ0) is 25.2. The second kappa shape index (κ2) is 10.6. The number of nitrogens with one attached hydrogen (secondary N) is 1. The van der Waals surface area contributed by atoms with Crippen molar-refractivity contribution in [3.8, 4) is 0 Å². The van der Waals surface area contributed by atoms with E-state index in [0.717, 1.165) is 10.0 Å². The Kier molecular flexibility index (Phi) is 8.20. The summed E-state index contributed by atoms with van der Waals surface area (Å²) in [7, 11) is -0.460. The fraction of sp³-hybridized carbons (Fsp3) is 0.227. The summed E-state index contributed by atoms with van der Waals surface area (Å²) in [5.41, 5.74) is 1.92. The zero-order valence-corrected chi connectivity index (χ0v) is 22.5. The summed E-state index contributed by atoms with van der Waals surface area (Å²) in [6.07, 6.45) is 0.472. The van der Waals surface area contributed by atoms with Gasteiger partial charge in [-0.2, -0.15) is 0 Å². The van der Waals surface area contributed by atoms with Crippen LogP contribution < -0.4 is 10.7 Å². The standard InChI is InChI=1S/C22H22BrCl2N5O3S/c1-12-20(22(31)29-19(28-12)8-13-4-6-14(23)7-5-13)21(30(2)3)27-11-16-17(24)9-15(10-18(16)25)34(26,32)33/h4-7,9-10H,8,11H2,1-3H3,(H2,26,32,33)(H,28,29,31). The Morgan fingerprint density at radius 3 is 2.26 bits per heavy atom. The van der Waals surface area contributed by atoms with Gasteiger partial charge in [0.25, 0.3) is 5.56 Å². The number of benzene rings is 2. The van der Waals surface area contributed by atoms with Gasteiger partial charge in [0.15, 0.2) is 0 Å². The van der Waals surface area contributed by atoms with E-state index in [1.165, 1.54) is 12.1 Å². The molecule has 0 fully saturated rings. The van der Waals surface area contributed by atoms with Crippen LogP contribution in [0, 0.1) is 6.92 Å². The smallest absolute Gasteiger partial charge is 0.262 e. The maximum absolute atomic E-state index is 13.0. The van der Waals surface area contributed by atoms with Crippen LogP contribution in [0.5, 0.6) is 0 Å². The third kappa shape index (κ3) is 6.25. The average Bonchev–Trinajstić information content (AvgIpc) is 2.72. The van der Waals surface area contributed by atoms with Crippen molar-refractivity contribution in [1.29, 1.82) is 0 Å². The summed E-state index contributed by atoms with van der Waals surface area (Å²) in [4.78, 5) is 26.5. The molecule has 3 N–H and O–H groups in total. The van der Waals surface area contributed by atoms with E-state index in [2.05, 4.69) is 30.9 Å². The third-order valence-corrected chi connectivity index (χ3v) is 7.01. The number of aliphatic imine (C=N–C) groups is 1. The molecule has 0 aliphatic heterocycles. The van der Waals surface area contributed by atoms with E-state index in [9.17, 15) is 13.2 Å². The maximum atomic E-state index is 13.0. The van der Waals surface area contributed by atoms with Crippen LogP contribution in [0.15, 0.2) is 55.6 Å². The van der Waals surface area contributed by atoms with E-state index in [4.69, 9.17) is 28.3 Å². The van der Waals surface area contributed by atoms with Crippen LogP contribution in [0.1, 0.15) is 28.2 Å². The minimum absolute atomic E-state index is 0.00953. The van der Waals surface area contributed by atoms with Crippen LogP contribution in [-0.4, -0.2) is 43.2 Å². The Hall–Kier alpha value is -2.24. The Balaban J connectivity index is 1.96. The van der Waals surface area contributed by atoms with Gasteiger partial charge in [0.05, 0.1) is 17.1 Å². The monoisotopic (exact) mass is 585 g/mol. The van der Waals surface area contributed by atoms with Crippen LogP contribution in [0.3, 0.4) is 0 Å². The van der Waals surface area contributed by atoms with Crippen LogP contribution in [-0.2, 0) is 23.0 Å². The SMILES string of the molecule is Cc1nc(Cc2ccc(Br)cc2)[nH]c(=O)c1C(=NCc1c(Cl)cc(S(N)(=O)=O)cc1Cl)N(C)C. The quantitative estimate of drug-likeness (QED) is 0.335. The molecule has 3 aromatic rings. The van der Waals surface area contributed by atoms with E-state index in [1.54, 1.807) is 25.9 Å². The number of primary sulfonamides is 1. The minimum Gasteiger partial charge on any atom is -0.362 e. The summed E-state index contributed by atoms with van der Waals surface area (Å²) in [5.74, 6) is 0.917. The van der Waals surface area contributed by atoms with Gasteiger partial charge < -0.3 is 9.88 Å². The zero-order valence-electron chi connectivity index (χ0n) is 18.6. The van der Waals surface area contributed by atoms with E-state index >= 15 is 0 Å². The molecule has 180 valence electrons. The van der Waals surface area contributed by atoms with Gasteiger partial charge >= 0.3 is 0 Å². The molecule has 3 rings (SSSR count). The molecule has 0 saturated heterocycles. The summed E-state index contributed by atoms with van der Waals surface area (Å²) >= 11 is 15.9. The number of amidine groups is 1. The molecule has 0 radical (unpaired) electrons. The van der Waals surface area contributed by atoms with Gasteiger partial charge in [0.2, 0.25) is 10.0 Å². The fourth-order valence-electron chi connectivity index (χ4n) is 3.28. The molecular weight excluding hydrogens is 565 g/mol. The molecule has 12 heteroatoms. The minimum atomic E-state index is -3.96. The first-order chi connectivity index (χ1) is 15.9. The predicted octanol–water partition coefficient (Wildman–Crippen LogP) is 3.89. The van der Waals surface area contributed by atoms with Crippen LogP contribution >= 0.6 is 39.1 Å². The molecule has 8 nitrogen and oxygen atoms in total. The molecule has 0 aliphatic carbocycles. The van der Waals surface area contributed by atoms with Crippen LogP contribution in [0.2, 0.25) is 10.0 Å². The molecule has 0 saturated carbocycles. The summed E-state index contributed by atoms with van der Waals surface area (Å²) in [6, 6.07) is 10.2. The molecule has 0 amide bonds. The van der Waals surface area contributed by atoms with Gasteiger partial charge in [-0.15, -0.1) is 0 Å². The Bertz CT molecular complexity index is 1400. The molecular formula is C22H22BrCl2N5O3S. The first-order valence-electron chi connectivity index (χ1n) is 9.94. The largest absolute Gasteiger partial charge is 0.362 e. The van der Waals surface area contributed by atoms with Crippen LogP contribution in [0.4, 0.5) is 0 Å². The van der Waals surface area contributed by atoms with Gasteiger partial charge in [0.1, 0.15) is 17.2 Å². The number of nitrogens with two attached hydrogens (primary N) is 1. The highest BCUT2D eigenvalue weighted by molar-refractivity contribution is 9.10. The van der Waals surface area contributed by atoms with Gasteiger partial charge in [0, 0.05) is 40.6 Å². The molecule has 0 atom stereocenters. The topological polar surface area (TPSA) is 122 Å². The summed E-state index contributed by atoms with van der Waals surface area (Å²) in [6.45, 7) is 1.76. The molecule has 34 heavy (non-hydrogen) atoms. The molecule has 0 bridgehead atoms. The van der Waals surface area contributed by atoms with Crippen molar-refractivity contribution in [3.63, 3.8) is 0 Å². The van der Waals surface area contributed by atoms with Gasteiger partial charge in [-0.05, 0) is 36.8 Å². The lowest BCUT2D eigenvalue weighted by molar-refractivity contribution is 0.597. The average molecular weight is 587 g/mol. The summed E-state index contributed by atoms with van der Waals surface area (Å²) in [5, 5.41) is 5.36. The number of sulfonamides is 1. The molecule has 1 aromatic heterocycles. The number of halogens is 3. The number of H-pyrrole nitrogens is 1. The number of hydrogen-bond acceptors (Lipinski definition) is 5. The molecule has 0 spiro atoms. The highest BCUT2D eigenvalue weighted by Gasteiger charge is 2.19. The van der Waals surface area contributed by atoms with Crippen molar-refractivity contribution >= 4 is 55.0 Å². The van der Waals surface area contributed by atoms with E-state index in [1.807, 2.05) is 24.3 Å². The first kappa shape index (κ1) is 26.4. The number of hydrogen-bond donors (Lipinski definition) is 2. The molecule has 2 aromatic carbocycles. The fourth-order valence-corrected chi connectivity index (χ4v) is 4.84. The second-order valence-corrected chi connectivity index (χ2v) is 11.0. The number of aromatic amines is 1. The normalized spacial score (nSPS) is 12.1. The van der Waals surface area contributed by atoms with E-state index < -0.39 is 10.0 Å². The number of aryl methyl sites for hydroxylation is 1. The predicted molar refractivity (Wildman–Crippen MR) is 138 cm³/mol. The highest BCUT2D eigenvalue weighted by Crippen LogP contribution is 2.29. The Labute approximate surface area is 216 Å². The van der Waals surface area contributed by atoms with E-state index in [-0.39, 0.29) is 27.0 Å². The second-order valence-electron chi connectivity index (χ2n) is 7.72. The van der Waals surface area contributed by atoms with Crippen molar-refractivity contribution in [2.24, 2.45) is 10.1 Å². The van der Waals surface area contributed by atoms with Crippen molar-refractivity contribution < 1.29 is 8.42 Å². The Morgan fingerprint density at radius 1 is 1.18 bits per heavy atom. The Morgan fingerprint density at radius 2 is 1.76 bits per heavy atom. The molecule has 0 aliphatic rings. The van der Waals surface area contributed by atoms with Crippen molar-refractivity contribution in [3.05, 3.63) is 89.5 Å². The number of nitrogens with zero attached hydrogens (tertiary/aromatic N) is 3. The van der Waals surface area contributed by atoms with Gasteiger partial charge in [-0.25, -0.2) is 18.5 Å². The van der Waals surface area contributed by atoms with Gasteiger partial charge in [-0.3, -0.25) is 9.79 Å². The van der Waals surface area contributed by atoms with Gasteiger partial charge in [-0.1, -0.05) is 51.3 Å². The van der Waals surface area contributed by atoms with Crippen molar-refractivity contribution in [1.82, 2.24) is 14.9 Å². The summed E-state index contributed by atoms with van der Waals surface area (Å²) < 4.78 is 24.2. The number of rotatable bonds is 6. The van der Waals surface area contributed by atoms with E-state index in [0.29, 0.717) is 34.9 Å². The van der Waals surface area contributed by atoms with Crippen molar-refractivity contribution in [2.75, 3.05) is 14.1 Å². The molecule has 1 heterocycles. The lowest BCUT2D eigenvalue weighted by atomic mass is 10.1. The maximum Gasteiger partial charge on any atom is 0.262 e. The third-order valence-electron chi connectivity index (χ3n) is 4.91. The number of aromatic nitrogens is 2. The lowest BCUT2D eigenvalue weighted by Gasteiger charge is -2.18. The first-order valence-corrected chi connectivity index (χ1v) is 13.0. The lowest BCUT2D eigenvalue weighted by Crippen LogP contribution is -2.32. The van der Waals surface area contributed by atoms with Crippen molar-refractivity contribution in [2.45, 2.75) is 24.8 Å².